The van der Waals surface area contributed by atoms with Crippen molar-refractivity contribution in [2.45, 2.75) is 31.0 Å². The summed E-state index contributed by atoms with van der Waals surface area (Å²) in [5.41, 5.74) is 2.22. The predicted molar refractivity (Wildman–Crippen MR) is 90.5 cm³/mol. The number of ether oxygens (including phenoxy) is 2. The van der Waals surface area contributed by atoms with Crippen LogP contribution < -0.4 is 4.74 Å². The third-order valence-electron chi connectivity index (χ3n) is 5.40. The number of carbonyl (C=O) groups is 1. The van der Waals surface area contributed by atoms with Crippen LogP contribution in [-0.2, 0) is 9.53 Å². The van der Waals surface area contributed by atoms with Crippen molar-refractivity contribution < 1.29 is 14.3 Å². The van der Waals surface area contributed by atoms with Crippen molar-refractivity contribution >= 4 is 5.97 Å². The molecule has 4 nitrogen and oxygen atoms in total. The molecule has 2 heterocycles. The van der Waals surface area contributed by atoms with Crippen molar-refractivity contribution in [1.82, 2.24) is 4.90 Å². The molecule has 1 saturated heterocycles. The average Bonchev–Trinajstić information content (AvgIpc) is 3.04. The van der Waals surface area contributed by atoms with Crippen LogP contribution in [0, 0.1) is 11.8 Å². The van der Waals surface area contributed by atoms with Crippen molar-refractivity contribution in [3.05, 3.63) is 53.1 Å². The summed E-state index contributed by atoms with van der Waals surface area (Å²) in [6, 6.07) is 8.04. The first-order valence-electron chi connectivity index (χ1n) is 8.09. The zero-order valence-electron chi connectivity index (χ0n) is 14.0. The van der Waals surface area contributed by atoms with E-state index in [-0.39, 0.29) is 18.1 Å². The van der Waals surface area contributed by atoms with Crippen LogP contribution in [0.5, 0.6) is 5.75 Å². The summed E-state index contributed by atoms with van der Waals surface area (Å²) < 4.78 is 10.9. The van der Waals surface area contributed by atoms with Crippen LogP contribution in [0.15, 0.2) is 47.6 Å². The number of hydrogen-bond acceptors (Lipinski definition) is 4. The van der Waals surface area contributed by atoms with Crippen LogP contribution in [0.2, 0.25) is 0 Å². The molecule has 3 aliphatic rings. The third kappa shape index (κ3) is 2.09. The summed E-state index contributed by atoms with van der Waals surface area (Å²) in [6.45, 7) is 2.11. The molecule has 3 atom stereocenters. The molecule has 0 aromatic heterocycles. The van der Waals surface area contributed by atoms with Crippen LogP contribution >= 0.6 is 0 Å². The van der Waals surface area contributed by atoms with Gasteiger partial charge in [0.15, 0.2) is 5.60 Å². The van der Waals surface area contributed by atoms with Gasteiger partial charge < -0.3 is 9.47 Å². The third-order valence-corrected chi connectivity index (χ3v) is 5.40. The molecular formula is C20H19NO3. The highest BCUT2D eigenvalue weighted by Gasteiger charge is 2.58. The minimum absolute atomic E-state index is 0.150. The predicted octanol–water partition coefficient (Wildman–Crippen LogP) is 2.30. The van der Waals surface area contributed by atoms with Gasteiger partial charge >= 0.3 is 5.97 Å². The summed E-state index contributed by atoms with van der Waals surface area (Å²) in [7, 11) is 3.72. The summed E-state index contributed by atoms with van der Waals surface area (Å²) in [4.78, 5) is 14.2. The minimum atomic E-state index is -0.533. The Morgan fingerprint density at radius 3 is 2.75 bits per heavy atom. The Hall–Kier alpha value is -2.51. The maximum Gasteiger partial charge on any atom is 0.332 e. The first-order chi connectivity index (χ1) is 11.5. The number of esters is 1. The quantitative estimate of drug-likeness (QED) is 0.588. The second kappa shape index (κ2) is 5.25. The molecule has 2 bridgehead atoms. The zero-order valence-corrected chi connectivity index (χ0v) is 14.0. The molecule has 0 saturated carbocycles. The Kier molecular flexibility index (Phi) is 3.29. The summed E-state index contributed by atoms with van der Waals surface area (Å²) in [5.74, 6) is 6.98. The van der Waals surface area contributed by atoms with E-state index in [1.165, 1.54) is 0 Å². The van der Waals surface area contributed by atoms with Crippen molar-refractivity contribution in [2.75, 3.05) is 14.2 Å². The number of rotatable bonds is 1. The lowest BCUT2D eigenvalue weighted by molar-refractivity contribution is -0.147. The van der Waals surface area contributed by atoms with Gasteiger partial charge in [-0.1, -0.05) is 17.9 Å². The number of benzene rings is 1. The fourth-order valence-electron chi connectivity index (χ4n) is 3.89. The molecule has 0 amide bonds. The molecule has 4 heteroatoms. The van der Waals surface area contributed by atoms with E-state index in [1.54, 1.807) is 13.2 Å². The Morgan fingerprint density at radius 2 is 2.04 bits per heavy atom. The van der Waals surface area contributed by atoms with E-state index in [0.717, 1.165) is 28.9 Å². The zero-order chi connectivity index (χ0) is 16.9. The fraction of sp³-hybridized carbons (Fsp3) is 0.350. The number of nitrogens with zero attached hydrogens (tertiary/aromatic N) is 1. The summed E-state index contributed by atoms with van der Waals surface area (Å²) in [6.07, 6.45) is 4.59. The van der Waals surface area contributed by atoms with E-state index >= 15 is 0 Å². The average molecular weight is 321 g/mol. The Bertz CT molecular complexity index is 825. The van der Waals surface area contributed by atoms with Crippen LogP contribution in [0.4, 0.5) is 0 Å². The van der Waals surface area contributed by atoms with Gasteiger partial charge in [0, 0.05) is 35.2 Å². The highest BCUT2D eigenvalue weighted by molar-refractivity contribution is 5.90. The van der Waals surface area contributed by atoms with Crippen molar-refractivity contribution in [2.24, 2.45) is 0 Å². The van der Waals surface area contributed by atoms with Crippen molar-refractivity contribution in [3.63, 3.8) is 0 Å². The van der Waals surface area contributed by atoms with Crippen LogP contribution in [0.3, 0.4) is 0 Å². The lowest BCUT2D eigenvalue weighted by Gasteiger charge is -2.32. The normalized spacial score (nSPS) is 30.7. The Labute approximate surface area is 141 Å². The van der Waals surface area contributed by atoms with Gasteiger partial charge in [-0.25, -0.2) is 4.79 Å². The SMILES string of the molecule is COc1ccc(C#CC2=CC3CC4(OC(=O)C=C24)C(C)N3C)cc1. The molecule has 3 unspecified atom stereocenters. The maximum absolute atomic E-state index is 11.9. The lowest BCUT2D eigenvalue weighted by atomic mass is 9.79. The lowest BCUT2D eigenvalue weighted by Crippen LogP contribution is -2.43. The minimum Gasteiger partial charge on any atom is -0.497 e. The van der Waals surface area contributed by atoms with E-state index in [9.17, 15) is 4.79 Å². The Morgan fingerprint density at radius 1 is 1.29 bits per heavy atom. The molecule has 0 radical (unpaired) electrons. The van der Waals surface area contributed by atoms with Gasteiger partial charge in [0.2, 0.25) is 0 Å². The van der Waals surface area contributed by atoms with Crippen LogP contribution in [0.1, 0.15) is 18.9 Å². The van der Waals surface area contributed by atoms with E-state index in [1.807, 2.05) is 24.3 Å². The van der Waals surface area contributed by atoms with Gasteiger partial charge in [0.1, 0.15) is 5.75 Å². The highest BCUT2D eigenvalue weighted by Crippen LogP contribution is 2.50. The second-order valence-electron chi connectivity index (χ2n) is 6.54. The van der Waals surface area contributed by atoms with Gasteiger partial charge in [0.25, 0.3) is 0 Å². The van der Waals surface area contributed by atoms with Gasteiger partial charge in [0.05, 0.1) is 13.2 Å². The molecule has 0 N–H and O–H groups in total. The largest absolute Gasteiger partial charge is 0.497 e. The van der Waals surface area contributed by atoms with Gasteiger partial charge in [-0.3, -0.25) is 4.90 Å². The molecular weight excluding hydrogens is 302 g/mol. The molecule has 2 aliphatic heterocycles. The molecule has 24 heavy (non-hydrogen) atoms. The smallest absolute Gasteiger partial charge is 0.332 e. The first-order valence-corrected chi connectivity index (χ1v) is 8.09. The fourth-order valence-corrected chi connectivity index (χ4v) is 3.89. The number of methoxy groups -OCH3 is 1. The Balaban J connectivity index is 1.71. The summed E-state index contributed by atoms with van der Waals surface area (Å²) in [5, 5.41) is 0. The van der Waals surface area contributed by atoms with Crippen molar-refractivity contribution in [1.29, 1.82) is 0 Å². The maximum atomic E-state index is 11.9. The second-order valence-corrected chi connectivity index (χ2v) is 6.54. The number of carbonyl (C=O) groups excluding carboxylic acids is 1. The molecule has 1 aliphatic carbocycles. The number of fused-ring (bicyclic) bond motifs is 1. The van der Waals surface area contributed by atoms with E-state index in [4.69, 9.17) is 9.47 Å². The number of likely N-dealkylation sites (tertiary alicyclic amines) is 1. The number of likely N-dealkylation sites (N-methyl/N-ethyl adjacent to an activating group) is 1. The van der Waals surface area contributed by atoms with E-state index < -0.39 is 5.60 Å². The molecule has 1 aromatic carbocycles. The standard InChI is InChI=1S/C20H19NO3/c1-13-20-12-16(21(13)2)10-15(18(20)11-19(22)24-20)7-4-14-5-8-17(23-3)9-6-14/h5-6,8-11,13,16H,12H2,1-3H3. The molecule has 1 fully saturated rings. The van der Waals surface area contributed by atoms with Gasteiger partial charge in [-0.2, -0.15) is 0 Å². The van der Waals surface area contributed by atoms with Crippen LogP contribution in [-0.4, -0.2) is 42.7 Å². The topological polar surface area (TPSA) is 38.8 Å². The van der Waals surface area contributed by atoms with Crippen LogP contribution in [0.25, 0.3) is 0 Å². The summed E-state index contributed by atoms with van der Waals surface area (Å²) >= 11 is 0. The first kappa shape index (κ1) is 15.0. The van der Waals surface area contributed by atoms with E-state index in [0.29, 0.717) is 0 Å². The molecule has 1 spiro atoms. The van der Waals surface area contributed by atoms with Crippen molar-refractivity contribution in [3.8, 4) is 17.6 Å². The highest BCUT2D eigenvalue weighted by atomic mass is 16.6. The monoisotopic (exact) mass is 321 g/mol. The molecule has 122 valence electrons. The number of hydrogen-bond donors (Lipinski definition) is 0. The molecule has 4 rings (SSSR count). The van der Waals surface area contributed by atoms with Gasteiger partial charge in [-0.15, -0.1) is 0 Å². The van der Waals surface area contributed by atoms with Gasteiger partial charge in [-0.05, 0) is 38.2 Å². The van der Waals surface area contributed by atoms with E-state index in [2.05, 4.69) is 36.8 Å². The molecule has 1 aromatic rings.